The highest BCUT2D eigenvalue weighted by atomic mass is 35.5. The molecule has 0 atom stereocenters. The third-order valence-electron chi connectivity index (χ3n) is 2.00. The van der Waals surface area contributed by atoms with E-state index in [4.69, 9.17) is 17.3 Å². The molecule has 0 spiro atoms. The fraction of sp³-hybridized carbons (Fsp3) is 0.100. The van der Waals surface area contributed by atoms with Crippen molar-refractivity contribution in [3.8, 4) is 11.3 Å². The number of aromatic nitrogens is 1. The summed E-state index contributed by atoms with van der Waals surface area (Å²) in [5.74, 6) is 0. The number of thiazole rings is 1. The second kappa shape index (κ2) is 3.59. The standard InChI is InChI=1S/C10H9ClN2S/c1-6-2-3-7(11)4-8(6)9-5-14-10(12)13-9/h2-5H,1H3,(H2,12,13). The summed E-state index contributed by atoms with van der Waals surface area (Å²) in [6.45, 7) is 2.03. The molecule has 0 aliphatic carbocycles. The number of nitrogens with two attached hydrogens (primary N) is 1. The summed E-state index contributed by atoms with van der Waals surface area (Å²) in [6.07, 6.45) is 0. The number of anilines is 1. The SMILES string of the molecule is Cc1ccc(Cl)cc1-c1csc(N)n1. The molecule has 4 heteroatoms. The number of nitrogen functional groups attached to an aromatic ring is 1. The van der Waals surface area contributed by atoms with E-state index in [2.05, 4.69) is 4.98 Å². The van der Waals surface area contributed by atoms with Crippen LogP contribution in [0, 0.1) is 6.92 Å². The van der Waals surface area contributed by atoms with E-state index in [1.807, 2.05) is 30.5 Å². The Morgan fingerprint density at radius 1 is 1.43 bits per heavy atom. The molecule has 0 aliphatic rings. The first-order valence-corrected chi connectivity index (χ1v) is 5.40. The number of rotatable bonds is 1. The number of aryl methyl sites for hydroxylation is 1. The van der Waals surface area contributed by atoms with E-state index in [0.717, 1.165) is 21.8 Å². The van der Waals surface area contributed by atoms with Crippen LogP contribution in [-0.4, -0.2) is 4.98 Å². The number of hydrogen-bond acceptors (Lipinski definition) is 3. The van der Waals surface area contributed by atoms with Crippen LogP contribution in [0.25, 0.3) is 11.3 Å². The Hall–Kier alpha value is -1.06. The van der Waals surface area contributed by atoms with E-state index in [0.29, 0.717) is 5.13 Å². The summed E-state index contributed by atoms with van der Waals surface area (Å²) < 4.78 is 0. The Kier molecular flexibility index (Phi) is 2.44. The van der Waals surface area contributed by atoms with Gasteiger partial charge >= 0.3 is 0 Å². The monoisotopic (exact) mass is 224 g/mol. The van der Waals surface area contributed by atoms with Gasteiger partial charge in [0.05, 0.1) is 5.69 Å². The molecule has 2 rings (SSSR count). The number of hydrogen-bond donors (Lipinski definition) is 1. The summed E-state index contributed by atoms with van der Waals surface area (Å²) in [5.41, 5.74) is 8.67. The number of nitrogens with zero attached hydrogens (tertiary/aromatic N) is 1. The summed E-state index contributed by atoms with van der Waals surface area (Å²) >= 11 is 7.36. The molecule has 0 radical (unpaired) electrons. The molecule has 0 unspecified atom stereocenters. The molecule has 2 aromatic rings. The van der Waals surface area contributed by atoms with Crippen LogP contribution < -0.4 is 5.73 Å². The summed E-state index contributed by atoms with van der Waals surface area (Å²) in [7, 11) is 0. The minimum Gasteiger partial charge on any atom is -0.375 e. The third kappa shape index (κ3) is 1.74. The van der Waals surface area contributed by atoms with E-state index in [1.54, 1.807) is 0 Å². The van der Waals surface area contributed by atoms with Crippen LogP contribution in [0.4, 0.5) is 5.13 Å². The lowest BCUT2D eigenvalue weighted by Gasteiger charge is -2.02. The predicted molar refractivity (Wildman–Crippen MR) is 61.7 cm³/mol. The maximum Gasteiger partial charge on any atom is 0.180 e. The van der Waals surface area contributed by atoms with E-state index < -0.39 is 0 Å². The zero-order chi connectivity index (χ0) is 10.1. The first kappa shape index (κ1) is 9.49. The van der Waals surface area contributed by atoms with E-state index in [9.17, 15) is 0 Å². The minimum absolute atomic E-state index is 0.583. The molecular formula is C10H9ClN2S. The Morgan fingerprint density at radius 3 is 2.86 bits per heavy atom. The number of benzene rings is 1. The second-order valence-corrected chi connectivity index (χ2v) is 4.36. The van der Waals surface area contributed by atoms with Crippen LogP contribution >= 0.6 is 22.9 Å². The van der Waals surface area contributed by atoms with Crippen LogP contribution in [-0.2, 0) is 0 Å². The van der Waals surface area contributed by atoms with E-state index in [-0.39, 0.29) is 0 Å². The minimum atomic E-state index is 0.583. The van der Waals surface area contributed by atoms with Gasteiger partial charge in [-0.1, -0.05) is 17.7 Å². The molecule has 0 fully saturated rings. The van der Waals surface area contributed by atoms with Crippen molar-refractivity contribution in [3.05, 3.63) is 34.2 Å². The lowest BCUT2D eigenvalue weighted by molar-refractivity contribution is 1.37. The van der Waals surface area contributed by atoms with Gasteiger partial charge in [-0.2, -0.15) is 0 Å². The van der Waals surface area contributed by atoms with Gasteiger partial charge in [-0.15, -0.1) is 11.3 Å². The Labute approximate surface area is 91.4 Å². The third-order valence-corrected chi connectivity index (χ3v) is 2.91. The quantitative estimate of drug-likeness (QED) is 0.807. The Balaban J connectivity index is 2.55. The van der Waals surface area contributed by atoms with Crippen LogP contribution in [0.5, 0.6) is 0 Å². The van der Waals surface area contributed by atoms with Gasteiger partial charge < -0.3 is 5.73 Å². The van der Waals surface area contributed by atoms with Gasteiger partial charge in [0.1, 0.15) is 0 Å². The molecule has 1 heterocycles. The van der Waals surface area contributed by atoms with Gasteiger partial charge in [-0.25, -0.2) is 4.98 Å². The average Bonchev–Trinajstić information content (AvgIpc) is 2.56. The van der Waals surface area contributed by atoms with Gasteiger partial charge in [0.25, 0.3) is 0 Å². The molecule has 14 heavy (non-hydrogen) atoms. The highest BCUT2D eigenvalue weighted by Gasteiger charge is 2.05. The highest BCUT2D eigenvalue weighted by molar-refractivity contribution is 7.13. The Morgan fingerprint density at radius 2 is 2.21 bits per heavy atom. The molecular weight excluding hydrogens is 216 g/mol. The van der Waals surface area contributed by atoms with Crippen molar-refractivity contribution in [2.45, 2.75) is 6.92 Å². The normalized spacial score (nSPS) is 10.4. The zero-order valence-electron chi connectivity index (χ0n) is 7.62. The maximum absolute atomic E-state index is 5.92. The summed E-state index contributed by atoms with van der Waals surface area (Å²) in [5, 5.41) is 3.24. The molecule has 2 N–H and O–H groups in total. The van der Waals surface area contributed by atoms with Crippen LogP contribution in [0.2, 0.25) is 5.02 Å². The van der Waals surface area contributed by atoms with Gasteiger partial charge in [-0.3, -0.25) is 0 Å². The second-order valence-electron chi connectivity index (χ2n) is 3.03. The van der Waals surface area contributed by atoms with E-state index >= 15 is 0 Å². The maximum atomic E-state index is 5.92. The molecule has 0 aliphatic heterocycles. The first-order valence-electron chi connectivity index (χ1n) is 4.14. The van der Waals surface area contributed by atoms with Crippen LogP contribution in [0.3, 0.4) is 0 Å². The van der Waals surface area contributed by atoms with Crippen molar-refractivity contribution in [1.82, 2.24) is 4.98 Å². The molecule has 72 valence electrons. The molecule has 0 amide bonds. The lowest BCUT2D eigenvalue weighted by atomic mass is 10.1. The Bertz CT molecular complexity index is 465. The van der Waals surface area contributed by atoms with Gasteiger partial charge in [-0.05, 0) is 24.6 Å². The van der Waals surface area contributed by atoms with Gasteiger partial charge in [0.2, 0.25) is 0 Å². The molecule has 0 bridgehead atoms. The fourth-order valence-corrected chi connectivity index (χ4v) is 2.02. The van der Waals surface area contributed by atoms with E-state index in [1.165, 1.54) is 11.3 Å². The molecule has 1 aromatic heterocycles. The number of halogens is 1. The van der Waals surface area contributed by atoms with Crippen molar-refractivity contribution in [1.29, 1.82) is 0 Å². The smallest absolute Gasteiger partial charge is 0.180 e. The topological polar surface area (TPSA) is 38.9 Å². The van der Waals surface area contributed by atoms with Crippen molar-refractivity contribution in [2.75, 3.05) is 5.73 Å². The van der Waals surface area contributed by atoms with Crippen LogP contribution in [0.15, 0.2) is 23.6 Å². The van der Waals surface area contributed by atoms with Crippen molar-refractivity contribution in [3.63, 3.8) is 0 Å². The van der Waals surface area contributed by atoms with Gasteiger partial charge in [0.15, 0.2) is 5.13 Å². The highest BCUT2D eigenvalue weighted by Crippen LogP contribution is 2.28. The molecule has 0 saturated carbocycles. The zero-order valence-corrected chi connectivity index (χ0v) is 9.19. The van der Waals surface area contributed by atoms with Crippen molar-refractivity contribution in [2.24, 2.45) is 0 Å². The van der Waals surface area contributed by atoms with Crippen molar-refractivity contribution >= 4 is 28.1 Å². The largest absolute Gasteiger partial charge is 0.375 e. The van der Waals surface area contributed by atoms with Crippen molar-refractivity contribution < 1.29 is 0 Å². The first-order chi connectivity index (χ1) is 6.66. The summed E-state index contributed by atoms with van der Waals surface area (Å²) in [4.78, 5) is 4.22. The predicted octanol–water partition coefficient (Wildman–Crippen LogP) is 3.35. The summed E-state index contributed by atoms with van der Waals surface area (Å²) in [6, 6.07) is 5.76. The fourth-order valence-electron chi connectivity index (χ4n) is 1.28. The lowest BCUT2D eigenvalue weighted by Crippen LogP contribution is -1.85. The van der Waals surface area contributed by atoms with Gasteiger partial charge in [0, 0.05) is 16.0 Å². The average molecular weight is 225 g/mol. The molecule has 2 nitrogen and oxygen atoms in total. The molecule has 0 saturated heterocycles. The van der Waals surface area contributed by atoms with Crippen LogP contribution in [0.1, 0.15) is 5.56 Å². The molecule has 1 aromatic carbocycles.